The summed E-state index contributed by atoms with van der Waals surface area (Å²) in [6.07, 6.45) is 2.63. The van der Waals surface area contributed by atoms with Crippen molar-refractivity contribution in [2.24, 2.45) is 0 Å². The predicted molar refractivity (Wildman–Crippen MR) is 117 cm³/mol. The van der Waals surface area contributed by atoms with Gasteiger partial charge in [0.05, 0.1) is 27.6 Å². The lowest BCUT2D eigenvalue weighted by atomic mass is 9.99. The van der Waals surface area contributed by atoms with E-state index in [-0.39, 0.29) is 11.0 Å². The number of hydrogen-bond acceptors (Lipinski definition) is 5. The normalized spacial score (nSPS) is 12.0. The fourth-order valence-electron chi connectivity index (χ4n) is 3.35. The van der Waals surface area contributed by atoms with Crippen molar-refractivity contribution in [1.82, 2.24) is 4.98 Å². The first-order valence-corrected chi connectivity index (χ1v) is 9.60. The van der Waals surface area contributed by atoms with Gasteiger partial charge in [-0.1, -0.05) is 35.9 Å². The van der Waals surface area contributed by atoms with E-state index >= 15 is 0 Å². The summed E-state index contributed by atoms with van der Waals surface area (Å²) in [6.45, 7) is 1.80. The highest BCUT2D eigenvalue weighted by Crippen LogP contribution is 2.32. The maximum absolute atomic E-state index is 13.9. The highest BCUT2D eigenvalue weighted by atomic mass is 35.5. The summed E-state index contributed by atoms with van der Waals surface area (Å²) in [5.41, 5.74) is 1.28. The Morgan fingerprint density at radius 1 is 1.20 bits per heavy atom. The van der Waals surface area contributed by atoms with Gasteiger partial charge < -0.3 is 15.1 Å². The van der Waals surface area contributed by atoms with Crippen LogP contribution in [0.1, 0.15) is 24.3 Å². The minimum Gasteiger partial charge on any atom is -0.458 e. The van der Waals surface area contributed by atoms with Gasteiger partial charge in [-0.15, -0.1) is 0 Å². The molecule has 0 bridgehead atoms. The van der Waals surface area contributed by atoms with E-state index < -0.39 is 11.9 Å². The molecule has 0 aliphatic carbocycles. The van der Waals surface area contributed by atoms with Crippen molar-refractivity contribution in [1.29, 1.82) is 5.41 Å². The number of para-hydroxylation sites is 1. The van der Waals surface area contributed by atoms with E-state index in [1.54, 1.807) is 49.4 Å². The van der Waals surface area contributed by atoms with Crippen LogP contribution in [0.5, 0.6) is 0 Å². The predicted octanol–water partition coefficient (Wildman–Crippen LogP) is 5.82. The molecule has 0 radical (unpaired) electrons. The molecule has 1 unspecified atom stereocenters. The molecular weight excluding hydrogens is 405 g/mol. The van der Waals surface area contributed by atoms with Crippen LogP contribution in [0.25, 0.3) is 22.1 Å². The van der Waals surface area contributed by atoms with Gasteiger partial charge in [0.1, 0.15) is 23.0 Å². The first-order chi connectivity index (χ1) is 14.5. The number of fused-ring (bicyclic) bond motifs is 1. The first kappa shape index (κ1) is 19.8. The molecule has 0 spiro atoms. The molecule has 2 aromatic carbocycles. The average Bonchev–Trinajstić information content (AvgIpc) is 2.74. The molecule has 0 saturated heterocycles. The lowest BCUT2D eigenvalue weighted by Gasteiger charge is -2.19. The van der Waals surface area contributed by atoms with Gasteiger partial charge in [-0.3, -0.25) is 4.79 Å². The molecule has 2 heterocycles. The van der Waals surface area contributed by atoms with E-state index in [1.807, 2.05) is 0 Å². The van der Waals surface area contributed by atoms with Gasteiger partial charge in [-0.25, -0.2) is 9.37 Å². The summed E-state index contributed by atoms with van der Waals surface area (Å²) < 4.78 is 20.0. The highest BCUT2D eigenvalue weighted by molar-refractivity contribution is 6.33. The van der Waals surface area contributed by atoms with Crippen molar-refractivity contribution in [3.63, 3.8) is 0 Å². The van der Waals surface area contributed by atoms with Crippen LogP contribution >= 0.6 is 11.6 Å². The summed E-state index contributed by atoms with van der Waals surface area (Å²) in [5.74, 6) is 0.266. The maximum atomic E-state index is 13.9. The maximum Gasteiger partial charge on any atom is 0.200 e. The van der Waals surface area contributed by atoms with Gasteiger partial charge in [0.15, 0.2) is 0 Å². The fourth-order valence-corrected chi connectivity index (χ4v) is 3.55. The summed E-state index contributed by atoms with van der Waals surface area (Å²) in [7, 11) is 0. The number of nitrogens with zero attached hydrogens (tertiary/aromatic N) is 1. The summed E-state index contributed by atoms with van der Waals surface area (Å²) in [4.78, 5) is 17.6. The number of benzene rings is 2. The highest BCUT2D eigenvalue weighted by Gasteiger charge is 2.22. The molecule has 4 aromatic rings. The van der Waals surface area contributed by atoms with E-state index in [0.29, 0.717) is 38.7 Å². The zero-order valence-electron chi connectivity index (χ0n) is 15.9. The molecular formula is C23H17ClFN3O2. The van der Waals surface area contributed by atoms with Gasteiger partial charge in [0, 0.05) is 12.4 Å². The van der Waals surface area contributed by atoms with Gasteiger partial charge in [0.2, 0.25) is 5.43 Å². The summed E-state index contributed by atoms with van der Waals surface area (Å²) in [5, 5.41) is 11.6. The molecule has 1 atom stereocenters. The number of anilines is 1. The van der Waals surface area contributed by atoms with Gasteiger partial charge in [-0.05, 0) is 42.8 Å². The van der Waals surface area contributed by atoms with Crippen molar-refractivity contribution in [2.45, 2.75) is 13.0 Å². The Labute approximate surface area is 176 Å². The largest absolute Gasteiger partial charge is 0.458 e. The molecule has 2 aromatic heterocycles. The lowest BCUT2D eigenvalue weighted by molar-refractivity contribution is 0.515. The van der Waals surface area contributed by atoms with Crippen LogP contribution in [0.2, 0.25) is 5.02 Å². The van der Waals surface area contributed by atoms with E-state index in [2.05, 4.69) is 10.3 Å². The van der Waals surface area contributed by atoms with Crippen LogP contribution in [0.15, 0.2) is 70.0 Å². The summed E-state index contributed by atoms with van der Waals surface area (Å²) in [6, 6.07) is 13.8. The summed E-state index contributed by atoms with van der Waals surface area (Å²) >= 11 is 6.16. The molecule has 0 fully saturated rings. The van der Waals surface area contributed by atoms with E-state index in [0.717, 1.165) is 6.21 Å². The van der Waals surface area contributed by atoms with Crippen molar-refractivity contribution >= 4 is 34.6 Å². The Bertz CT molecular complexity index is 1320. The first-order valence-electron chi connectivity index (χ1n) is 9.22. The third-order valence-corrected chi connectivity index (χ3v) is 5.10. The third kappa shape index (κ3) is 3.57. The van der Waals surface area contributed by atoms with Crippen LogP contribution in [0, 0.1) is 11.2 Å². The molecule has 0 saturated carbocycles. The van der Waals surface area contributed by atoms with E-state index in [1.165, 1.54) is 18.3 Å². The molecule has 2 N–H and O–H groups in total. The number of aromatic nitrogens is 1. The van der Waals surface area contributed by atoms with E-state index in [4.69, 9.17) is 21.4 Å². The monoisotopic (exact) mass is 421 g/mol. The number of pyridine rings is 1. The fraction of sp³-hybridized carbons (Fsp3) is 0.0870. The lowest BCUT2D eigenvalue weighted by Crippen LogP contribution is -2.16. The molecule has 5 nitrogen and oxygen atoms in total. The van der Waals surface area contributed by atoms with Gasteiger partial charge in [-0.2, -0.15) is 0 Å². The molecule has 0 aliphatic rings. The van der Waals surface area contributed by atoms with Crippen molar-refractivity contribution in [3.05, 3.63) is 93.2 Å². The molecule has 150 valence electrons. The van der Waals surface area contributed by atoms with Crippen molar-refractivity contribution in [2.75, 3.05) is 5.32 Å². The Kier molecular flexibility index (Phi) is 5.33. The Hall–Kier alpha value is -3.51. The SMILES string of the molecule is CC(Nc1nccc(Cl)c1C=N)c1oc2ccccc2c(=O)c1-c1cccc(F)c1. The second-order valence-corrected chi connectivity index (χ2v) is 7.15. The minimum atomic E-state index is -0.523. The molecule has 4 rings (SSSR count). The number of hydrogen-bond donors (Lipinski definition) is 2. The molecule has 0 aliphatic heterocycles. The minimum absolute atomic E-state index is 0.252. The number of nitrogens with one attached hydrogen (secondary N) is 2. The molecule has 30 heavy (non-hydrogen) atoms. The second kappa shape index (κ2) is 8.08. The Morgan fingerprint density at radius 2 is 2.00 bits per heavy atom. The number of rotatable bonds is 5. The standard InChI is InChI=1S/C23H17ClFN3O2/c1-13(28-23-17(12-26)18(24)9-10-27-23)22-20(14-5-4-6-15(25)11-14)21(29)16-7-2-3-8-19(16)30-22/h2-13,26H,1H3,(H,27,28). The van der Waals surface area contributed by atoms with Crippen LogP contribution < -0.4 is 10.7 Å². The topological polar surface area (TPSA) is 79.0 Å². The third-order valence-electron chi connectivity index (χ3n) is 4.77. The second-order valence-electron chi connectivity index (χ2n) is 6.74. The zero-order valence-corrected chi connectivity index (χ0v) is 16.7. The van der Waals surface area contributed by atoms with Crippen LogP contribution in [-0.2, 0) is 0 Å². The average molecular weight is 422 g/mol. The van der Waals surface area contributed by atoms with E-state index in [9.17, 15) is 9.18 Å². The van der Waals surface area contributed by atoms with Gasteiger partial charge in [0.25, 0.3) is 0 Å². The van der Waals surface area contributed by atoms with Crippen LogP contribution in [0.3, 0.4) is 0 Å². The number of halogens is 2. The smallest absolute Gasteiger partial charge is 0.200 e. The zero-order chi connectivity index (χ0) is 21.3. The van der Waals surface area contributed by atoms with Gasteiger partial charge >= 0.3 is 0 Å². The van der Waals surface area contributed by atoms with Crippen LogP contribution in [0.4, 0.5) is 10.2 Å². The molecule has 0 amide bonds. The van der Waals surface area contributed by atoms with Crippen LogP contribution in [-0.4, -0.2) is 11.2 Å². The quantitative estimate of drug-likeness (QED) is 0.398. The Balaban J connectivity index is 1.91. The van der Waals surface area contributed by atoms with Crippen molar-refractivity contribution in [3.8, 4) is 11.1 Å². The van der Waals surface area contributed by atoms with Crippen molar-refractivity contribution < 1.29 is 8.81 Å². The molecule has 7 heteroatoms. The Morgan fingerprint density at radius 3 is 2.77 bits per heavy atom.